The van der Waals surface area contributed by atoms with Crippen LogP contribution in [0.25, 0.3) is 0 Å². The van der Waals surface area contributed by atoms with Crippen molar-refractivity contribution in [1.82, 2.24) is 5.32 Å². The van der Waals surface area contributed by atoms with E-state index in [9.17, 15) is 22.0 Å². The SMILES string of the molecule is NS(=O)(=O)c1ccc(CNC(=O)c2c(F)cccc2F)cc1. The Labute approximate surface area is 125 Å². The van der Waals surface area contributed by atoms with Gasteiger partial charge in [-0.1, -0.05) is 18.2 Å². The van der Waals surface area contributed by atoms with Crippen molar-refractivity contribution in [3.63, 3.8) is 0 Å². The van der Waals surface area contributed by atoms with Gasteiger partial charge in [-0.25, -0.2) is 22.3 Å². The number of halogens is 2. The minimum absolute atomic E-state index is 0.0164. The molecule has 0 unspecified atom stereocenters. The number of nitrogens with one attached hydrogen (secondary N) is 1. The van der Waals surface area contributed by atoms with Crippen LogP contribution in [0.15, 0.2) is 47.4 Å². The third-order valence-corrected chi connectivity index (χ3v) is 3.82. The van der Waals surface area contributed by atoms with Crippen molar-refractivity contribution < 1.29 is 22.0 Å². The smallest absolute Gasteiger partial charge is 0.257 e. The van der Waals surface area contributed by atoms with Crippen molar-refractivity contribution in [3.05, 3.63) is 65.2 Å². The Hall–Kier alpha value is -2.32. The summed E-state index contributed by atoms with van der Waals surface area (Å²) in [6, 6.07) is 8.57. The minimum atomic E-state index is -3.79. The maximum Gasteiger partial charge on any atom is 0.257 e. The maximum absolute atomic E-state index is 13.4. The average Bonchev–Trinajstić information content (AvgIpc) is 2.44. The highest BCUT2D eigenvalue weighted by Gasteiger charge is 2.16. The molecular formula is C14H12F2N2O3S. The average molecular weight is 326 g/mol. The zero-order valence-corrected chi connectivity index (χ0v) is 12.0. The van der Waals surface area contributed by atoms with E-state index in [-0.39, 0.29) is 11.4 Å². The Morgan fingerprint density at radius 2 is 1.59 bits per heavy atom. The van der Waals surface area contributed by atoms with Crippen LogP contribution < -0.4 is 10.5 Å². The molecule has 0 fully saturated rings. The van der Waals surface area contributed by atoms with Gasteiger partial charge in [-0.2, -0.15) is 0 Å². The molecule has 0 aliphatic heterocycles. The topological polar surface area (TPSA) is 89.3 Å². The number of nitrogens with two attached hydrogens (primary N) is 1. The summed E-state index contributed by atoms with van der Waals surface area (Å²) in [5.74, 6) is -2.81. The first-order valence-corrected chi connectivity index (χ1v) is 7.67. The number of primary sulfonamides is 1. The molecule has 0 spiro atoms. The first-order valence-electron chi connectivity index (χ1n) is 6.13. The summed E-state index contributed by atoms with van der Waals surface area (Å²) in [6.45, 7) is -0.0164. The Kier molecular flexibility index (Phi) is 4.53. The molecule has 2 aromatic rings. The van der Waals surface area contributed by atoms with E-state index in [1.54, 1.807) is 0 Å². The molecule has 2 aromatic carbocycles. The first-order chi connectivity index (χ1) is 10.3. The Balaban J connectivity index is 2.09. The third-order valence-electron chi connectivity index (χ3n) is 2.89. The largest absolute Gasteiger partial charge is 0.348 e. The predicted octanol–water partition coefficient (Wildman–Crippen LogP) is 1.54. The lowest BCUT2D eigenvalue weighted by Crippen LogP contribution is -2.25. The van der Waals surface area contributed by atoms with E-state index in [2.05, 4.69) is 5.32 Å². The molecule has 2 rings (SSSR count). The molecule has 0 aromatic heterocycles. The van der Waals surface area contributed by atoms with Crippen LogP contribution >= 0.6 is 0 Å². The van der Waals surface area contributed by atoms with Crippen LogP contribution in [0.1, 0.15) is 15.9 Å². The van der Waals surface area contributed by atoms with E-state index in [1.165, 1.54) is 24.3 Å². The van der Waals surface area contributed by atoms with Gasteiger partial charge in [0, 0.05) is 6.54 Å². The van der Waals surface area contributed by atoms with Crippen LogP contribution in [-0.4, -0.2) is 14.3 Å². The number of rotatable bonds is 4. The van der Waals surface area contributed by atoms with Gasteiger partial charge in [0.2, 0.25) is 10.0 Å². The number of amides is 1. The molecule has 0 bridgehead atoms. The first kappa shape index (κ1) is 16.1. The lowest BCUT2D eigenvalue weighted by atomic mass is 10.1. The van der Waals surface area contributed by atoms with Crippen LogP contribution in [0.5, 0.6) is 0 Å². The van der Waals surface area contributed by atoms with Gasteiger partial charge in [-0.15, -0.1) is 0 Å². The zero-order chi connectivity index (χ0) is 16.3. The maximum atomic E-state index is 13.4. The van der Waals surface area contributed by atoms with Gasteiger partial charge in [-0.05, 0) is 29.8 Å². The molecular weight excluding hydrogens is 314 g/mol. The Morgan fingerprint density at radius 1 is 1.05 bits per heavy atom. The molecule has 0 radical (unpaired) electrons. The molecule has 1 amide bonds. The van der Waals surface area contributed by atoms with E-state index >= 15 is 0 Å². The van der Waals surface area contributed by atoms with Crippen LogP contribution in [0.2, 0.25) is 0 Å². The highest BCUT2D eigenvalue weighted by molar-refractivity contribution is 7.89. The number of carbonyl (C=O) groups is 1. The summed E-state index contributed by atoms with van der Waals surface area (Å²) in [6.07, 6.45) is 0. The molecule has 0 aliphatic carbocycles. The zero-order valence-electron chi connectivity index (χ0n) is 11.2. The van der Waals surface area contributed by atoms with Gasteiger partial charge in [0.15, 0.2) is 0 Å². The summed E-state index contributed by atoms with van der Waals surface area (Å²) in [5, 5.41) is 7.31. The number of hydrogen-bond donors (Lipinski definition) is 2. The highest BCUT2D eigenvalue weighted by Crippen LogP contribution is 2.13. The fourth-order valence-corrected chi connectivity index (χ4v) is 2.30. The molecule has 0 atom stereocenters. The van der Waals surface area contributed by atoms with Crippen molar-refractivity contribution in [3.8, 4) is 0 Å². The third kappa shape index (κ3) is 3.66. The number of sulfonamides is 1. The molecule has 116 valence electrons. The molecule has 0 saturated carbocycles. The van der Waals surface area contributed by atoms with Gasteiger partial charge in [0.25, 0.3) is 5.91 Å². The normalized spacial score (nSPS) is 11.2. The monoisotopic (exact) mass is 326 g/mol. The second-order valence-electron chi connectivity index (χ2n) is 4.47. The van der Waals surface area contributed by atoms with E-state index in [0.717, 1.165) is 18.2 Å². The second-order valence-corrected chi connectivity index (χ2v) is 6.03. The van der Waals surface area contributed by atoms with E-state index in [4.69, 9.17) is 5.14 Å². The quantitative estimate of drug-likeness (QED) is 0.893. The fraction of sp³-hybridized carbons (Fsp3) is 0.0714. The number of hydrogen-bond acceptors (Lipinski definition) is 3. The highest BCUT2D eigenvalue weighted by atomic mass is 32.2. The van der Waals surface area contributed by atoms with E-state index in [0.29, 0.717) is 5.56 Å². The van der Waals surface area contributed by atoms with Crippen molar-refractivity contribution in [2.45, 2.75) is 11.4 Å². The van der Waals surface area contributed by atoms with Crippen molar-refractivity contribution in [2.75, 3.05) is 0 Å². The Morgan fingerprint density at radius 3 is 2.09 bits per heavy atom. The molecule has 0 aliphatic rings. The molecule has 22 heavy (non-hydrogen) atoms. The number of benzene rings is 2. The fourth-order valence-electron chi connectivity index (χ4n) is 1.78. The van der Waals surface area contributed by atoms with Crippen molar-refractivity contribution in [2.24, 2.45) is 5.14 Å². The summed E-state index contributed by atoms with van der Waals surface area (Å²) < 4.78 is 49.0. The van der Waals surface area contributed by atoms with Gasteiger partial charge < -0.3 is 5.32 Å². The van der Waals surface area contributed by atoms with Crippen LogP contribution in [0.3, 0.4) is 0 Å². The number of carbonyl (C=O) groups excluding carboxylic acids is 1. The van der Waals surface area contributed by atoms with Gasteiger partial charge >= 0.3 is 0 Å². The second kappa shape index (κ2) is 6.20. The van der Waals surface area contributed by atoms with Gasteiger partial charge in [0.05, 0.1) is 4.90 Å². The molecule has 8 heteroatoms. The lowest BCUT2D eigenvalue weighted by molar-refractivity contribution is 0.0942. The molecule has 0 saturated heterocycles. The van der Waals surface area contributed by atoms with Crippen LogP contribution in [0.4, 0.5) is 8.78 Å². The lowest BCUT2D eigenvalue weighted by Gasteiger charge is -2.07. The standard InChI is InChI=1S/C14H12F2N2O3S/c15-11-2-1-3-12(16)13(11)14(19)18-8-9-4-6-10(7-5-9)22(17,20)21/h1-7H,8H2,(H,18,19)(H2,17,20,21). The van der Waals surface area contributed by atoms with E-state index in [1.807, 2.05) is 0 Å². The Bertz CT molecular complexity index is 785. The summed E-state index contributed by atoms with van der Waals surface area (Å²) in [7, 11) is -3.79. The van der Waals surface area contributed by atoms with Crippen molar-refractivity contribution >= 4 is 15.9 Å². The minimum Gasteiger partial charge on any atom is -0.348 e. The van der Waals surface area contributed by atoms with Gasteiger partial charge in [0.1, 0.15) is 17.2 Å². The van der Waals surface area contributed by atoms with Gasteiger partial charge in [-0.3, -0.25) is 4.79 Å². The molecule has 0 heterocycles. The summed E-state index contributed by atoms with van der Waals surface area (Å²) in [5.41, 5.74) is -0.110. The molecule has 3 N–H and O–H groups in total. The summed E-state index contributed by atoms with van der Waals surface area (Å²) >= 11 is 0. The summed E-state index contributed by atoms with van der Waals surface area (Å²) in [4.78, 5) is 11.7. The predicted molar refractivity (Wildman–Crippen MR) is 75.3 cm³/mol. The molecule has 5 nitrogen and oxygen atoms in total. The van der Waals surface area contributed by atoms with Crippen LogP contribution in [-0.2, 0) is 16.6 Å². The van der Waals surface area contributed by atoms with Crippen molar-refractivity contribution in [1.29, 1.82) is 0 Å². The van der Waals surface area contributed by atoms with E-state index < -0.39 is 33.1 Å². The van der Waals surface area contributed by atoms with Crippen LogP contribution in [0, 0.1) is 11.6 Å².